The molecular formula is C9H12ClN3O2. The van der Waals surface area contributed by atoms with Gasteiger partial charge in [-0.15, -0.1) is 5.10 Å². The highest BCUT2D eigenvalue weighted by molar-refractivity contribution is 6.29. The van der Waals surface area contributed by atoms with Crippen LogP contribution in [0.4, 0.5) is 0 Å². The van der Waals surface area contributed by atoms with E-state index in [4.69, 9.17) is 11.6 Å². The molecule has 0 spiro atoms. The summed E-state index contributed by atoms with van der Waals surface area (Å²) in [6.45, 7) is 1.50. The van der Waals surface area contributed by atoms with Gasteiger partial charge in [0.2, 0.25) is 0 Å². The van der Waals surface area contributed by atoms with Crippen LogP contribution in [0.5, 0.6) is 0 Å². The van der Waals surface area contributed by atoms with E-state index >= 15 is 0 Å². The first kappa shape index (κ1) is 10.8. The average molecular weight is 230 g/mol. The number of hydrogen-bond donors (Lipinski definition) is 2. The van der Waals surface area contributed by atoms with E-state index in [9.17, 15) is 10.2 Å². The standard InChI is InChI=1S/C9H12ClN3O2/c10-9-2-1-6(11-12-9)3-13-4-7(14)8(15)5-13/h1-2,7-8,14-15H,3-5H2. The van der Waals surface area contributed by atoms with Crippen molar-refractivity contribution < 1.29 is 10.2 Å². The van der Waals surface area contributed by atoms with Crippen LogP contribution in [0.1, 0.15) is 5.69 Å². The van der Waals surface area contributed by atoms with Crippen LogP contribution >= 0.6 is 11.6 Å². The maximum atomic E-state index is 9.34. The van der Waals surface area contributed by atoms with Gasteiger partial charge >= 0.3 is 0 Å². The lowest BCUT2D eigenvalue weighted by Gasteiger charge is -2.12. The van der Waals surface area contributed by atoms with Crippen molar-refractivity contribution in [3.05, 3.63) is 23.0 Å². The summed E-state index contributed by atoms with van der Waals surface area (Å²) in [5.41, 5.74) is 0.778. The molecule has 15 heavy (non-hydrogen) atoms. The average Bonchev–Trinajstić information content (AvgIpc) is 2.50. The molecular weight excluding hydrogens is 218 g/mol. The number of halogens is 1. The zero-order valence-electron chi connectivity index (χ0n) is 8.04. The highest BCUT2D eigenvalue weighted by Crippen LogP contribution is 2.13. The number of rotatable bonds is 2. The highest BCUT2D eigenvalue weighted by Gasteiger charge is 2.29. The van der Waals surface area contributed by atoms with Crippen molar-refractivity contribution in [3.63, 3.8) is 0 Å². The van der Waals surface area contributed by atoms with Crippen molar-refractivity contribution in [2.75, 3.05) is 13.1 Å². The SMILES string of the molecule is OC1CN(Cc2ccc(Cl)nn2)CC1O. The third-order valence-electron chi connectivity index (χ3n) is 2.41. The first-order valence-corrected chi connectivity index (χ1v) is 5.09. The minimum Gasteiger partial charge on any atom is -0.389 e. The van der Waals surface area contributed by atoms with Crippen LogP contribution in [-0.2, 0) is 6.54 Å². The largest absolute Gasteiger partial charge is 0.389 e. The van der Waals surface area contributed by atoms with Crippen LogP contribution in [-0.4, -0.2) is 50.6 Å². The minimum absolute atomic E-state index is 0.361. The van der Waals surface area contributed by atoms with E-state index in [1.165, 1.54) is 0 Å². The van der Waals surface area contributed by atoms with Crippen molar-refractivity contribution in [1.29, 1.82) is 0 Å². The van der Waals surface area contributed by atoms with Crippen LogP contribution in [0.3, 0.4) is 0 Å². The Labute approximate surface area is 92.3 Å². The number of aromatic nitrogens is 2. The summed E-state index contributed by atoms with van der Waals surface area (Å²) in [4.78, 5) is 1.92. The number of nitrogens with zero attached hydrogens (tertiary/aromatic N) is 3. The number of hydrogen-bond acceptors (Lipinski definition) is 5. The Morgan fingerprint density at radius 3 is 2.47 bits per heavy atom. The van der Waals surface area contributed by atoms with Gasteiger partial charge < -0.3 is 10.2 Å². The molecule has 6 heteroatoms. The minimum atomic E-state index is -0.662. The van der Waals surface area contributed by atoms with Crippen LogP contribution in [0.15, 0.2) is 12.1 Å². The van der Waals surface area contributed by atoms with Gasteiger partial charge in [0.15, 0.2) is 5.15 Å². The molecule has 0 bridgehead atoms. The fourth-order valence-corrected chi connectivity index (χ4v) is 1.73. The topological polar surface area (TPSA) is 69.5 Å². The van der Waals surface area contributed by atoms with Gasteiger partial charge in [0.1, 0.15) is 0 Å². The molecule has 0 saturated carbocycles. The van der Waals surface area contributed by atoms with E-state index in [1.54, 1.807) is 12.1 Å². The van der Waals surface area contributed by atoms with Gasteiger partial charge in [0, 0.05) is 19.6 Å². The molecule has 0 radical (unpaired) electrons. The van der Waals surface area contributed by atoms with Gasteiger partial charge in [0.05, 0.1) is 17.9 Å². The molecule has 5 nitrogen and oxygen atoms in total. The zero-order chi connectivity index (χ0) is 10.8. The van der Waals surface area contributed by atoms with E-state index in [1.807, 2.05) is 4.90 Å². The molecule has 2 N–H and O–H groups in total. The molecule has 1 aromatic rings. The normalized spacial score (nSPS) is 27.1. The smallest absolute Gasteiger partial charge is 0.151 e. The molecule has 2 unspecified atom stereocenters. The molecule has 82 valence electrons. The molecule has 1 aliphatic rings. The monoisotopic (exact) mass is 229 g/mol. The Morgan fingerprint density at radius 2 is 1.93 bits per heavy atom. The lowest BCUT2D eigenvalue weighted by molar-refractivity contribution is 0.0572. The summed E-state index contributed by atoms with van der Waals surface area (Å²) < 4.78 is 0. The maximum Gasteiger partial charge on any atom is 0.151 e. The van der Waals surface area contributed by atoms with Crippen LogP contribution in [0.2, 0.25) is 5.15 Å². The van der Waals surface area contributed by atoms with Gasteiger partial charge in [-0.25, -0.2) is 0 Å². The lowest BCUT2D eigenvalue weighted by Crippen LogP contribution is -2.22. The molecule has 0 aliphatic carbocycles. The quantitative estimate of drug-likeness (QED) is 0.727. The third-order valence-corrected chi connectivity index (χ3v) is 2.61. The van der Waals surface area contributed by atoms with Crippen LogP contribution in [0.25, 0.3) is 0 Å². The fourth-order valence-electron chi connectivity index (χ4n) is 1.63. The molecule has 2 atom stereocenters. The molecule has 1 fully saturated rings. The second-order valence-corrected chi connectivity index (χ2v) is 4.06. The van der Waals surface area contributed by atoms with Gasteiger partial charge in [-0.2, -0.15) is 5.10 Å². The second-order valence-electron chi connectivity index (χ2n) is 3.68. The van der Waals surface area contributed by atoms with E-state index in [0.717, 1.165) is 5.69 Å². The van der Waals surface area contributed by atoms with Crippen molar-refractivity contribution in [2.24, 2.45) is 0 Å². The maximum absolute atomic E-state index is 9.34. The first-order chi connectivity index (χ1) is 7.15. The first-order valence-electron chi connectivity index (χ1n) is 4.72. The van der Waals surface area contributed by atoms with Gasteiger partial charge in [-0.1, -0.05) is 11.6 Å². The number of aliphatic hydroxyl groups is 2. The summed E-state index contributed by atoms with van der Waals surface area (Å²) in [5.74, 6) is 0. The molecule has 0 amide bonds. The van der Waals surface area contributed by atoms with Crippen LogP contribution in [0, 0.1) is 0 Å². The second kappa shape index (κ2) is 4.40. The lowest BCUT2D eigenvalue weighted by atomic mass is 10.3. The van der Waals surface area contributed by atoms with E-state index in [2.05, 4.69) is 10.2 Å². The molecule has 1 saturated heterocycles. The summed E-state index contributed by atoms with van der Waals surface area (Å²) in [5, 5.41) is 26.7. The van der Waals surface area contributed by atoms with E-state index in [0.29, 0.717) is 24.8 Å². The summed E-state index contributed by atoms with van der Waals surface area (Å²) >= 11 is 5.61. The fraction of sp³-hybridized carbons (Fsp3) is 0.556. The Bertz CT molecular complexity index is 323. The molecule has 1 aromatic heterocycles. The Morgan fingerprint density at radius 1 is 1.27 bits per heavy atom. The predicted molar refractivity (Wildman–Crippen MR) is 54.3 cm³/mol. The van der Waals surface area contributed by atoms with Gasteiger partial charge in [-0.3, -0.25) is 4.90 Å². The Hall–Kier alpha value is -0.750. The Kier molecular flexibility index (Phi) is 3.16. The van der Waals surface area contributed by atoms with Crippen molar-refractivity contribution >= 4 is 11.6 Å². The summed E-state index contributed by atoms with van der Waals surface area (Å²) in [7, 11) is 0. The van der Waals surface area contributed by atoms with Gasteiger partial charge in [0.25, 0.3) is 0 Å². The number of likely N-dealkylation sites (tertiary alicyclic amines) is 1. The third kappa shape index (κ3) is 2.63. The Balaban J connectivity index is 1.95. The number of β-amino-alcohol motifs (C(OH)–C–C–N with tert-alkyl or cyclic N) is 2. The molecule has 1 aliphatic heterocycles. The summed E-state index contributed by atoms with van der Waals surface area (Å²) in [6, 6.07) is 3.46. The zero-order valence-corrected chi connectivity index (χ0v) is 8.80. The van der Waals surface area contributed by atoms with Crippen molar-refractivity contribution in [3.8, 4) is 0 Å². The van der Waals surface area contributed by atoms with E-state index < -0.39 is 12.2 Å². The number of aliphatic hydroxyl groups excluding tert-OH is 2. The molecule has 2 heterocycles. The summed E-state index contributed by atoms with van der Waals surface area (Å²) in [6.07, 6.45) is -1.32. The molecule has 0 aromatic carbocycles. The highest BCUT2D eigenvalue weighted by atomic mass is 35.5. The van der Waals surface area contributed by atoms with Crippen molar-refractivity contribution in [1.82, 2.24) is 15.1 Å². The van der Waals surface area contributed by atoms with Gasteiger partial charge in [-0.05, 0) is 12.1 Å². The van der Waals surface area contributed by atoms with E-state index in [-0.39, 0.29) is 0 Å². The van der Waals surface area contributed by atoms with Crippen LogP contribution < -0.4 is 0 Å². The predicted octanol–water partition coefficient (Wildman–Crippen LogP) is -0.333. The van der Waals surface area contributed by atoms with Crippen molar-refractivity contribution in [2.45, 2.75) is 18.8 Å². The molecule has 2 rings (SSSR count).